The van der Waals surface area contributed by atoms with E-state index in [1.807, 2.05) is 6.92 Å². The lowest BCUT2D eigenvalue weighted by molar-refractivity contribution is -0.181. The summed E-state index contributed by atoms with van der Waals surface area (Å²) in [5.74, 6) is -1.11. The summed E-state index contributed by atoms with van der Waals surface area (Å²) in [6.45, 7) is 12.6. The van der Waals surface area contributed by atoms with Gasteiger partial charge in [-0.1, -0.05) is 34.6 Å². The number of hydrogen-bond donors (Lipinski definition) is 1. The third-order valence-electron chi connectivity index (χ3n) is 13.2. The predicted molar refractivity (Wildman–Crippen MR) is 133 cm³/mol. The van der Waals surface area contributed by atoms with E-state index < -0.39 is 24.5 Å². The Morgan fingerprint density at radius 1 is 0.973 bits per heavy atom. The number of ketones is 1. The Labute approximate surface area is 219 Å². The van der Waals surface area contributed by atoms with Crippen LogP contribution in [0.1, 0.15) is 106 Å². The number of alkyl halides is 3. The Balaban J connectivity index is 1.39. The van der Waals surface area contributed by atoms with Gasteiger partial charge in [0.25, 0.3) is 0 Å². The summed E-state index contributed by atoms with van der Waals surface area (Å²) in [4.78, 5) is 23.4. The van der Waals surface area contributed by atoms with Crippen molar-refractivity contribution in [2.75, 3.05) is 0 Å². The zero-order valence-electron chi connectivity index (χ0n) is 23.3. The van der Waals surface area contributed by atoms with Gasteiger partial charge >= 0.3 is 12.1 Å². The second-order valence-electron chi connectivity index (χ2n) is 14.7. The van der Waals surface area contributed by atoms with Crippen molar-refractivity contribution < 1.29 is 32.6 Å². The van der Waals surface area contributed by atoms with E-state index in [9.17, 15) is 27.9 Å². The fraction of sp³-hybridized carbons (Fsp3) is 0.933. The number of aliphatic hydroxyl groups is 1. The molecule has 5 saturated carbocycles. The summed E-state index contributed by atoms with van der Waals surface area (Å²) in [7, 11) is 0. The minimum atomic E-state index is -4.79. The van der Waals surface area contributed by atoms with Crippen molar-refractivity contribution in [2.24, 2.45) is 50.7 Å². The normalized spacial score (nSPS) is 48.6. The lowest BCUT2D eigenvalue weighted by Crippen LogP contribution is -2.58. The highest BCUT2D eigenvalue weighted by Crippen LogP contribution is 2.89. The number of halogens is 3. The molecule has 0 amide bonds. The summed E-state index contributed by atoms with van der Waals surface area (Å²) >= 11 is 0. The van der Waals surface area contributed by atoms with E-state index in [0.29, 0.717) is 18.3 Å². The van der Waals surface area contributed by atoms with Gasteiger partial charge in [-0.2, -0.15) is 13.2 Å². The van der Waals surface area contributed by atoms with Crippen LogP contribution in [0.15, 0.2) is 0 Å². The quantitative estimate of drug-likeness (QED) is 0.397. The molecule has 5 aliphatic carbocycles. The maximum absolute atomic E-state index is 12.8. The molecular weight excluding hydrogens is 481 g/mol. The van der Waals surface area contributed by atoms with E-state index in [2.05, 4.69) is 27.7 Å². The first-order valence-electron chi connectivity index (χ1n) is 14.4. The monoisotopic (exact) mass is 526 g/mol. The Hall–Kier alpha value is -1.11. The summed E-state index contributed by atoms with van der Waals surface area (Å²) in [5, 5.41) is 11.4. The van der Waals surface area contributed by atoms with Gasteiger partial charge in [0.2, 0.25) is 5.78 Å². The van der Waals surface area contributed by atoms with Crippen LogP contribution in [-0.4, -0.2) is 35.2 Å². The number of ether oxygens (including phenoxy) is 1. The van der Waals surface area contributed by atoms with E-state index in [-0.39, 0.29) is 57.4 Å². The molecule has 37 heavy (non-hydrogen) atoms. The van der Waals surface area contributed by atoms with Gasteiger partial charge in [0.05, 0.1) is 6.10 Å². The van der Waals surface area contributed by atoms with Crippen molar-refractivity contribution in [1.29, 1.82) is 0 Å². The number of carbonyl (C=O) groups is 2. The van der Waals surface area contributed by atoms with Crippen molar-refractivity contribution >= 4 is 11.8 Å². The topological polar surface area (TPSA) is 63.6 Å². The molecule has 2 spiro atoms. The van der Waals surface area contributed by atoms with Crippen LogP contribution in [0.4, 0.5) is 13.2 Å². The van der Waals surface area contributed by atoms with Gasteiger partial charge in [-0.3, -0.25) is 9.59 Å². The first kappa shape index (κ1) is 27.5. The molecule has 4 nitrogen and oxygen atoms in total. The molecule has 5 aliphatic rings. The minimum absolute atomic E-state index is 0.0443. The number of esters is 1. The molecular formula is C30H45F3O4. The summed E-state index contributed by atoms with van der Waals surface area (Å²) in [6.07, 6.45) is 2.45. The number of carbonyl (C=O) groups excluding carboxylic acids is 2. The maximum Gasteiger partial charge on any atom is 0.449 e. The average Bonchev–Trinajstić information content (AvgIpc) is 3.38. The Bertz CT molecular complexity index is 976. The van der Waals surface area contributed by atoms with Crippen molar-refractivity contribution in [2.45, 2.75) is 124 Å². The van der Waals surface area contributed by atoms with E-state index in [1.54, 1.807) is 0 Å². The van der Waals surface area contributed by atoms with E-state index in [0.717, 1.165) is 38.5 Å². The van der Waals surface area contributed by atoms with Crippen LogP contribution < -0.4 is 0 Å². The molecule has 0 bridgehead atoms. The summed E-state index contributed by atoms with van der Waals surface area (Å²) in [6, 6.07) is 0. The molecule has 0 aromatic carbocycles. The fourth-order valence-electron chi connectivity index (χ4n) is 11.5. The standard InChI is InChI=1S/C30H45F3O4/c1-17(7-10-22(36)30(31,32)33)24-19(35)15-27(6)21-9-8-20-25(3,4)23(37-18(2)34)11-12-28(20)16-29(21,28)14-13-26(24,27)5/h17,19-21,23-24,35H,7-16H2,1-6H3/t17-,19?,20?,21?,23+,24+,26-,27+,28-,29+/m1/s1. The summed E-state index contributed by atoms with van der Waals surface area (Å²) in [5.41, 5.74) is 0.214. The molecule has 10 atom stereocenters. The van der Waals surface area contributed by atoms with Crippen LogP contribution in [0, 0.1) is 50.7 Å². The Morgan fingerprint density at radius 2 is 1.59 bits per heavy atom. The Kier molecular flexibility index (Phi) is 6.09. The van der Waals surface area contributed by atoms with Gasteiger partial charge < -0.3 is 9.84 Å². The van der Waals surface area contributed by atoms with Crippen molar-refractivity contribution in [1.82, 2.24) is 0 Å². The second kappa shape index (κ2) is 8.20. The average molecular weight is 527 g/mol. The first-order chi connectivity index (χ1) is 17.0. The van der Waals surface area contributed by atoms with Crippen LogP contribution in [0.3, 0.4) is 0 Å². The molecule has 0 heterocycles. The lowest BCUT2D eigenvalue weighted by atomic mass is 9.41. The first-order valence-corrected chi connectivity index (χ1v) is 14.4. The number of fused-ring (bicyclic) bond motifs is 2. The molecule has 7 heteroatoms. The molecule has 210 valence electrons. The molecule has 5 fully saturated rings. The van der Waals surface area contributed by atoms with E-state index in [4.69, 9.17) is 4.74 Å². The smallest absolute Gasteiger partial charge is 0.449 e. The molecule has 0 radical (unpaired) electrons. The third-order valence-corrected chi connectivity index (χ3v) is 13.2. The molecule has 0 aromatic rings. The van der Waals surface area contributed by atoms with Gasteiger partial charge in [0.1, 0.15) is 6.10 Å². The highest BCUT2D eigenvalue weighted by atomic mass is 19.4. The van der Waals surface area contributed by atoms with Gasteiger partial charge in [0.15, 0.2) is 0 Å². The fourth-order valence-corrected chi connectivity index (χ4v) is 11.5. The van der Waals surface area contributed by atoms with Gasteiger partial charge in [-0.15, -0.1) is 0 Å². The van der Waals surface area contributed by atoms with E-state index in [1.165, 1.54) is 13.3 Å². The summed E-state index contributed by atoms with van der Waals surface area (Å²) < 4.78 is 44.3. The second-order valence-corrected chi connectivity index (χ2v) is 14.7. The van der Waals surface area contributed by atoms with Gasteiger partial charge in [0, 0.05) is 18.8 Å². The number of aliphatic hydroxyl groups excluding tert-OH is 1. The van der Waals surface area contributed by atoms with Crippen LogP contribution in [0.2, 0.25) is 0 Å². The highest BCUT2D eigenvalue weighted by molar-refractivity contribution is 5.83. The van der Waals surface area contributed by atoms with Crippen LogP contribution in [-0.2, 0) is 14.3 Å². The van der Waals surface area contributed by atoms with Gasteiger partial charge in [-0.25, -0.2) is 0 Å². The SMILES string of the molecule is CC(=O)O[C@H]1CC[C@]23C[C@]24CC[C@]2(C)[C@@H]([C@H](C)CCC(=O)C(F)(F)F)C(O)C[C@@]2(C)C4CCC3C1(C)C. The molecule has 3 unspecified atom stereocenters. The lowest BCUT2D eigenvalue weighted by Gasteiger charge is -2.63. The highest BCUT2D eigenvalue weighted by Gasteiger charge is 2.83. The van der Waals surface area contributed by atoms with Gasteiger partial charge in [-0.05, 0) is 103 Å². The molecule has 1 N–H and O–H groups in total. The zero-order chi connectivity index (χ0) is 27.4. The number of rotatable bonds is 5. The van der Waals surface area contributed by atoms with Crippen molar-refractivity contribution in [3.8, 4) is 0 Å². The number of hydrogen-bond acceptors (Lipinski definition) is 4. The van der Waals surface area contributed by atoms with Crippen LogP contribution in [0.5, 0.6) is 0 Å². The zero-order valence-corrected chi connectivity index (χ0v) is 23.3. The molecule has 0 aromatic heterocycles. The number of Topliss-reactive ketones (excluding diaryl/α,β-unsaturated/α-hetero) is 1. The Morgan fingerprint density at radius 3 is 2.22 bits per heavy atom. The molecule has 5 rings (SSSR count). The third kappa shape index (κ3) is 3.57. The molecule has 0 saturated heterocycles. The largest absolute Gasteiger partial charge is 0.462 e. The predicted octanol–water partition coefficient (Wildman–Crippen LogP) is 6.88. The van der Waals surface area contributed by atoms with Crippen LogP contribution in [0.25, 0.3) is 0 Å². The van der Waals surface area contributed by atoms with E-state index >= 15 is 0 Å². The van der Waals surface area contributed by atoms with Crippen LogP contribution >= 0.6 is 0 Å². The minimum Gasteiger partial charge on any atom is -0.462 e. The van der Waals surface area contributed by atoms with Crippen molar-refractivity contribution in [3.05, 3.63) is 0 Å². The maximum atomic E-state index is 12.8. The molecule has 0 aliphatic heterocycles. The van der Waals surface area contributed by atoms with Crippen molar-refractivity contribution in [3.63, 3.8) is 0 Å².